The Bertz CT molecular complexity index is 704. The highest BCUT2D eigenvalue weighted by molar-refractivity contribution is 8.01. The molecule has 0 bridgehead atoms. The summed E-state index contributed by atoms with van der Waals surface area (Å²) >= 11 is 2.96. The average Bonchev–Trinajstić information content (AvgIpc) is 3.01. The number of anilines is 1. The van der Waals surface area contributed by atoms with Crippen molar-refractivity contribution in [1.29, 1.82) is 0 Å². The molecule has 0 spiro atoms. The molecule has 1 aromatic heterocycles. The second-order valence-corrected chi connectivity index (χ2v) is 8.05. The van der Waals surface area contributed by atoms with E-state index in [4.69, 9.17) is 9.47 Å². The van der Waals surface area contributed by atoms with Crippen molar-refractivity contribution in [2.24, 2.45) is 5.92 Å². The maximum atomic E-state index is 12.4. The zero-order valence-electron chi connectivity index (χ0n) is 14.9. The minimum Gasteiger partial charge on any atom is -0.490 e. The highest BCUT2D eigenvalue weighted by atomic mass is 32.2. The number of hydrogen-bond acceptors (Lipinski definition) is 7. The summed E-state index contributed by atoms with van der Waals surface area (Å²) in [6, 6.07) is 5.17. The van der Waals surface area contributed by atoms with Gasteiger partial charge in [-0.1, -0.05) is 43.9 Å². The van der Waals surface area contributed by atoms with E-state index in [1.807, 2.05) is 13.8 Å². The van der Waals surface area contributed by atoms with E-state index in [1.54, 1.807) is 30.0 Å². The smallest absolute Gasteiger partial charge is 0.257 e. The second-order valence-electron chi connectivity index (χ2n) is 5.56. The molecule has 0 radical (unpaired) electrons. The number of ether oxygens (including phenoxy) is 2. The molecule has 25 heavy (non-hydrogen) atoms. The van der Waals surface area contributed by atoms with E-state index in [0.29, 0.717) is 41.3 Å². The van der Waals surface area contributed by atoms with Crippen LogP contribution in [0, 0.1) is 5.92 Å². The first kappa shape index (κ1) is 19.5. The van der Waals surface area contributed by atoms with Gasteiger partial charge in [-0.05, 0) is 36.8 Å². The number of benzene rings is 1. The van der Waals surface area contributed by atoms with Gasteiger partial charge in [0.15, 0.2) is 15.8 Å². The molecule has 0 aliphatic rings. The molecule has 8 heteroatoms. The predicted octanol–water partition coefficient (Wildman–Crippen LogP) is 4.34. The van der Waals surface area contributed by atoms with Gasteiger partial charge in [0.25, 0.3) is 5.91 Å². The van der Waals surface area contributed by atoms with Crippen LogP contribution >= 0.6 is 23.1 Å². The lowest BCUT2D eigenvalue weighted by atomic mass is 10.2. The second kappa shape index (κ2) is 9.62. The Morgan fingerprint density at radius 2 is 2.04 bits per heavy atom. The topological polar surface area (TPSA) is 73.3 Å². The van der Waals surface area contributed by atoms with Crippen molar-refractivity contribution in [3.8, 4) is 11.5 Å². The number of carbonyl (C=O) groups excluding carboxylic acids is 1. The first-order valence-electron chi connectivity index (χ1n) is 8.20. The van der Waals surface area contributed by atoms with Gasteiger partial charge >= 0.3 is 0 Å². The van der Waals surface area contributed by atoms with Gasteiger partial charge in [-0.3, -0.25) is 10.1 Å². The van der Waals surface area contributed by atoms with Gasteiger partial charge in [0.05, 0.1) is 13.2 Å². The van der Waals surface area contributed by atoms with Crippen molar-refractivity contribution in [2.45, 2.75) is 32.0 Å². The normalized spacial score (nSPS) is 10.8. The molecule has 6 nitrogen and oxygen atoms in total. The Hall–Kier alpha value is -1.80. The molecule has 1 N–H and O–H groups in total. The number of thioether (sulfide) groups is 1. The third-order valence-electron chi connectivity index (χ3n) is 2.97. The first-order valence-corrected chi connectivity index (χ1v) is 10.0. The number of carbonyl (C=O) groups is 1. The zero-order chi connectivity index (χ0) is 18.2. The molecule has 0 unspecified atom stereocenters. The van der Waals surface area contributed by atoms with Crippen molar-refractivity contribution in [2.75, 3.05) is 24.3 Å². The molecule has 1 aromatic carbocycles. The van der Waals surface area contributed by atoms with Crippen LogP contribution in [-0.2, 0) is 0 Å². The van der Waals surface area contributed by atoms with Crippen molar-refractivity contribution in [1.82, 2.24) is 10.2 Å². The Labute approximate surface area is 156 Å². The molecule has 1 amide bonds. The zero-order valence-corrected chi connectivity index (χ0v) is 16.5. The fraction of sp³-hybridized carbons (Fsp3) is 0.471. The van der Waals surface area contributed by atoms with Crippen LogP contribution in [-0.4, -0.2) is 35.1 Å². The number of hydrogen-bond donors (Lipinski definition) is 1. The number of rotatable bonds is 9. The van der Waals surface area contributed by atoms with Gasteiger partial charge in [-0.25, -0.2) is 0 Å². The van der Waals surface area contributed by atoms with Crippen LogP contribution in [0.4, 0.5) is 5.13 Å². The first-order chi connectivity index (χ1) is 12.0. The van der Waals surface area contributed by atoms with E-state index in [2.05, 4.69) is 29.4 Å². The summed E-state index contributed by atoms with van der Waals surface area (Å²) in [5.41, 5.74) is 0.486. The minimum atomic E-state index is -0.249. The maximum absolute atomic E-state index is 12.4. The van der Waals surface area contributed by atoms with Crippen LogP contribution in [0.2, 0.25) is 0 Å². The van der Waals surface area contributed by atoms with Gasteiger partial charge in [0.2, 0.25) is 5.13 Å². The molecule has 1 heterocycles. The van der Waals surface area contributed by atoms with E-state index < -0.39 is 0 Å². The largest absolute Gasteiger partial charge is 0.490 e. The van der Waals surface area contributed by atoms with Crippen LogP contribution in [0.3, 0.4) is 0 Å². The van der Waals surface area contributed by atoms with Gasteiger partial charge in [-0.15, -0.1) is 10.2 Å². The van der Waals surface area contributed by atoms with E-state index >= 15 is 0 Å². The van der Waals surface area contributed by atoms with Gasteiger partial charge in [0, 0.05) is 5.56 Å². The van der Waals surface area contributed by atoms with Crippen molar-refractivity contribution in [3.05, 3.63) is 23.8 Å². The molecular formula is C17H23N3O3S2. The van der Waals surface area contributed by atoms with Gasteiger partial charge < -0.3 is 9.47 Å². The molecule has 2 rings (SSSR count). The Kier molecular flexibility index (Phi) is 7.52. The highest BCUT2D eigenvalue weighted by Gasteiger charge is 2.14. The summed E-state index contributed by atoms with van der Waals surface area (Å²) in [6.45, 7) is 9.19. The van der Waals surface area contributed by atoms with E-state index in [0.717, 1.165) is 10.1 Å². The number of amides is 1. The third-order valence-corrected chi connectivity index (χ3v) is 4.83. The summed E-state index contributed by atoms with van der Waals surface area (Å²) in [5.74, 6) is 2.28. The van der Waals surface area contributed by atoms with E-state index in [-0.39, 0.29) is 5.91 Å². The fourth-order valence-electron chi connectivity index (χ4n) is 1.90. The quantitative estimate of drug-likeness (QED) is 0.515. The lowest BCUT2D eigenvalue weighted by Crippen LogP contribution is -2.12. The van der Waals surface area contributed by atoms with Gasteiger partial charge in [-0.2, -0.15) is 0 Å². The van der Waals surface area contributed by atoms with Crippen molar-refractivity contribution < 1.29 is 14.3 Å². The molecule has 0 fully saturated rings. The monoisotopic (exact) mass is 381 g/mol. The molecular weight excluding hydrogens is 358 g/mol. The summed E-state index contributed by atoms with van der Waals surface area (Å²) in [6.07, 6.45) is 0. The number of aromatic nitrogens is 2. The van der Waals surface area contributed by atoms with E-state index in [1.165, 1.54) is 11.3 Å². The Morgan fingerprint density at radius 3 is 2.72 bits per heavy atom. The highest BCUT2D eigenvalue weighted by Crippen LogP contribution is 2.30. The maximum Gasteiger partial charge on any atom is 0.257 e. The molecule has 0 atom stereocenters. The minimum absolute atomic E-state index is 0.249. The SMILES string of the molecule is CCOc1cc(C(=O)Nc2nnc(SCC)s2)ccc1OCC(C)C. The summed E-state index contributed by atoms with van der Waals surface area (Å²) in [5, 5.41) is 11.3. The number of nitrogens with one attached hydrogen (secondary N) is 1. The Balaban J connectivity index is 2.11. The molecule has 2 aromatic rings. The molecule has 0 aliphatic carbocycles. The van der Waals surface area contributed by atoms with Crippen LogP contribution in [0.5, 0.6) is 11.5 Å². The number of nitrogens with zero attached hydrogens (tertiary/aromatic N) is 2. The standard InChI is InChI=1S/C17H23N3O3S2/c1-5-22-14-9-12(7-8-13(14)23-10-11(3)4)15(21)18-16-19-20-17(25-16)24-6-2/h7-9,11H,5-6,10H2,1-4H3,(H,18,19,21). The third kappa shape index (κ3) is 5.89. The Morgan fingerprint density at radius 1 is 1.24 bits per heavy atom. The van der Waals surface area contributed by atoms with Gasteiger partial charge in [0.1, 0.15) is 0 Å². The van der Waals surface area contributed by atoms with Crippen molar-refractivity contribution in [3.63, 3.8) is 0 Å². The molecule has 136 valence electrons. The molecule has 0 saturated heterocycles. The predicted molar refractivity (Wildman–Crippen MR) is 102 cm³/mol. The molecule has 0 saturated carbocycles. The van der Waals surface area contributed by atoms with E-state index in [9.17, 15) is 4.79 Å². The lowest BCUT2D eigenvalue weighted by molar-refractivity contribution is 0.102. The fourth-order valence-corrected chi connectivity index (χ4v) is 3.55. The average molecular weight is 382 g/mol. The van der Waals surface area contributed by atoms with Crippen molar-refractivity contribution >= 4 is 34.1 Å². The van der Waals surface area contributed by atoms with Crippen LogP contribution < -0.4 is 14.8 Å². The van der Waals surface area contributed by atoms with Crippen LogP contribution in [0.15, 0.2) is 22.5 Å². The van der Waals surface area contributed by atoms with Crippen LogP contribution in [0.25, 0.3) is 0 Å². The summed E-state index contributed by atoms with van der Waals surface area (Å²) in [4.78, 5) is 12.4. The summed E-state index contributed by atoms with van der Waals surface area (Å²) < 4.78 is 12.2. The summed E-state index contributed by atoms with van der Waals surface area (Å²) in [7, 11) is 0. The molecule has 0 aliphatic heterocycles. The lowest BCUT2D eigenvalue weighted by Gasteiger charge is -2.14. The van der Waals surface area contributed by atoms with Crippen LogP contribution in [0.1, 0.15) is 38.1 Å².